The number of hydrogen-bond donors (Lipinski definition) is 3. The third kappa shape index (κ3) is 1.81. The molecule has 0 aromatic heterocycles. The van der Waals surface area contributed by atoms with Gasteiger partial charge in [0.05, 0.1) is 0 Å². The highest BCUT2D eigenvalue weighted by molar-refractivity contribution is 7.80. The summed E-state index contributed by atoms with van der Waals surface area (Å²) in [5, 5.41) is 13.0. The van der Waals surface area contributed by atoms with Crippen LogP contribution in [-0.4, -0.2) is 11.7 Å². The number of benzene rings is 1. The molecule has 0 unspecified atom stereocenters. The van der Waals surface area contributed by atoms with Crippen molar-refractivity contribution in [1.82, 2.24) is 5.32 Å². The summed E-state index contributed by atoms with van der Waals surface area (Å²) in [7, 11) is 0. The van der Waals surface area contributed by atoms with Gasteiger partial charge in [0.2, 0.25) is 0 Å². The van der Waals surface area contributed by atoms with Crippen molar-refractivity contribution >= 4 is 12.6 Å². The van der Waals surface area contributed by atoms with Crippen LogP contribution in [0, 0.1) is 0 Å². The minimum atomic E-state index is 0.328. The van der Waals surface area contributed by atoms with E-state index in [4.69, 9.17) is 0 Å². The van der Waals surface area contributed by atoms with Gasteiger partial charge in [-0.25, -0.2) is 0 Å². The van der Waals surface area contributed by atoms with E-state index in [2.05, 4.69) is 17.9 Å². The lowest BCUT2D eigenvalue weighted by atomic mass is 10.0. The van der Waals surface area contributed by atoms with Crippen LogP contribution in [0.15, 0.2) is 23.1 Å². The Bertz CT molecular complexity index is 308. The van der Waals surface area contributed by atoms with Gasteiger partial charge >= 0.3 is 0 Å². The molecule has 1 aromatic rings. The molecule has 0 aliphatic carbocycles. The Morgan fingerprint density at radius 1 is 1.46 bits per heavy atom. The molecule has 2 N–H and O–H groups in total. The number of phenolic OH excluding ortho intramolecular Hbond substituents is 1. The molecule has 0 spiro atoms. The van der Waals surface area contributed by atoms with Crippen LogP contribution in [0.4, 0.5) is 0 Å². The molecule has 1 heterocycles. The minimum Gasteiger partial charge on any atom is -0.508 e. The fourth-order valence-corrected chi connectivity index (χ4v) is 1.97. The number of hydrogen-bond acceptors (Lipinski definition) is 3. The smallest absolute Gasteiger partial charge is 0.121 e. The van der Waals surface area contributed by atoms with Crippen molar-refractivity contribution in [3.05, 3.63) is 23.8 Å². The Morgan fingerprint density at radius 2 is 2.31 bits per heavy atom. The molecule has 2 rings (SSSR count). The molecule has 1 fully saturated rings. The van der Waals surface area contributed by atoms with E-state index in [9.17, 15) is 5.11 Å². The number of nitrogens with one attached hydrogen (secondary N) is 1. The lowest BCUT2D eigenvalue weighted by Crippen LogP contribution is -2.12. The zero-order valence-corrected chi connectivity index (χ0v) is 8.22. The molecule has 3 heteroatoms. The molecule has 0 amide bonds. The molecule has 1 atom stereocenters. The second-order valence-electron chi connectivity index (χ2n) is 3.39. The number of rotatable bonds is 1. The highest BCUT2D eigenvalue weighted by Crippen LogP contribution is 2.31. The van der Waals surface area contributed by atoms with Gasteiger partial charge in [0.25, 0.3) is 0 Å². The molecule has 13 heavy (non-hydrogen) atoms. The maximum Gasteiger partial charge on any atom is 0.121 e. The predicted molar refractivity (Wildman–Crippen MR) is 55.3 cm³/mol. The zero-order valence-electron chi connectivity index (χ0n) is 7.33. The van der Waals surface area contributed by atoms with E-state index < -0.39 is 0 Å². The molecular weight excluding hydrogens is 182 g/mol. The van der Waals surface area contributed by atoms with E-state index >= 15 is 0 Å². The molecule has 70 valence electrons. The van der Waals surface area contributed by atoms with Gasteiger partial charge < -0.3 is 10.4 Å². The molecule has 1 saturated heterocycles. The van der Waals surface area contributed by atoms with Crippen molar-refractivity contribution in [2.24, 2.45) is 0 Å². The summed E-state index contributed by atoms with van der Waals surface area (Å²) >= 11 is 4.16. The lowest BCUT2D eigenvalue weighted by molar-refractivity contribution is 0.455. The second-order valence-corrected chi connectivity index (χ2v) is 3.91. The number of aromatic hydroxyl groups is 1. The highest BCUT2D eigenvalue weighted by Gasteiger charge is 2.18. The summed E-state index contributed by atoms with van der Waals surface area (Å²) in [5.74, 6) is 0.354. The largest absolute Gasteiger partial charge is 0.508 e. The van der Waals surface area contributed by atoms with Crippen molar-refractivity contribution in [3.63, 3.8) is 0 Å². The van der Waals surface area contributed by atoms with Crippen LogP contribution in [0.2, 0.25) is 0 Å². The van der Waals surface area contributed by atoms with E-state index in [1.807, 2.05) is 12.1 Å². The number of thiol groups is 1. The first kappa shape index (κ1) is 8.91. The zero-order chi connectivity index (χ0) is 9.26. The summed E-state index contributed by atoms with van der Waals surface area (Å²) < 4.78 is 0. The maximum absolute atomic E-state index is 9.66. The van der Waals surface area contributed by atoms with Gasteiger partial charge in [-0.05, 0) is 31.5 Å². The summed E-state index contributed by atoms with van der Waals surface area (Å²) in [5.41, 5.74) is 0.996. The average Bonchev–Trinajstić information content (AvgIpc) is 2.56. The topological polar surface area (TPSA) is 32.3 Å². The first-order valence-electron chi connectivity index (χ1n) is 4.52. The van der Waals surface area contributed by atoms with Gasteiger partial charge in [-0.2, -0.15) is 0 Å². The molecule has 1 aliphatic heterocycles. The Morgan fingerprint density at radius 3 is 2.92 bits per heavy atom. The Balaban J connectivity index is 2.29. The Hall–Kier alpha value is -0.670. The van der Waals surface area contributed by atoms with Crippen molar-refractivity contribution in [2.45, 2.75) is 23.8 Å². The van der Waals surface area contributed by atoms with Gasteiger partial charge in [0.1, 0.15) is 5.75 Å². The summed E-state index contributed by atoms with van der Waals surface area (Å²) in [6.07, 6.45) is 2.30. The van der Waals surface area contributed by atoms with Crippen LogP contribution in [-0.2, 0) is 0 Å². The van der Waals surface area contributed by atoms with Gasteiger partial charge in [-0.3, -0.25) is 0 Å². The normalized spacial score (nSPS) is 22.1. The highest BCUT2D eigenvalue weighted by atomic mass is 32.1. The SMILES string of the molecule is Oc1cc(S)ccc1[C@@H]1CCCN1. The lowest BCUT2D eigenvalue weighted by Gasteiger charge is -2.12. The fraction of sp³-hybridized carbons (Fsp3) is 0.400. The van der Waals surface area contributed by atoms with Crippen molar-refractivity contribution in [1.29, 1.82) is 0 Å². The fourth-order valence-electron chi connectivity index (χ4n) is 1.78. The minimum absolute atomic E-state index is 0.328. The van der Waals surface area contributed by atoms with Crippen LogP contribution in [0.3, 0.4) is 0 Å². The van der Waals surface area contributed by atoms with Crippen LogP contribution in [0.1, 0.15) is 24.4 Å². The van der Waals surface area contributed by atoms with E-state index in [1.165, 1.54) is 6.42 Å². The molecule has 1 aliphatic rings. The third-order valence-electron chi connectivity index (χ3n) is 2.45. The summed E-state index contributed by atoms with van der Waals surface area (Å²) in [6, 6.07) is 5.88. The van der Waals surface area contributed by atoms with Crippen LogP contribution in [0.5, 0.6) is 5.75 Å². The molecule has 0 bridgehead atoms. The predicted octanol–water partition coefficient (Wildman–Crippen LogP) is 2.11. The summed E-state index contributed by atoms with van der Waals surface area (Å²) in [4.78, 5) is 0.805. The summed E-state index contributed by atoms with van der Waals surface area (Å²) in [6.45, 7) is 1.05. The molecule has 1 aromatic carbocycles. The van der Waals surface area contributed by atoms with Crippen LogP contribution in [0.25, 0.3) is 0 Å². The van der Waals surface area contributed by atoms with Crippen molar-refractivity contribution in [3.8, 4) is 5.75 Å². The van der Waals surface area contributed by atoms with Crippen LogP contribution >= 0.6 is 12.6 Å². The maximum atomic E-state index is 9.66. The van der Waals surface area contributed by atoms with Crippen molar-refractivity contribution in [2.75, 3.05) is 6.54 Å². The van der Waals surface area contributed by atoms with E-state index in [0.717, 1.165) is 23.4 Å². The molecular formula is C10H13NOS. The van der Waals surface area contributed by atoms with E-state index in [1.54, 1.807) is 6.07 Å². The monoisotopic (exact) mass is 195 g/mol. The first-order chi connectivity index (χ1) is 6.27. The van der Waals surface area contributed by atoms with Gasteiger partial charge in [-0.1, -0.05) is 6.07 Å². The Labute approximate surface area is 83.4 Å². The van der Waals surface area contributed by atoms with Gasteiger partial charge in [-0.15, -0.1) is 12.6 Å². The third-order valence-corrected chi connectivity index (χ3v) is 2.73. The van der Waals surface area contributed by atoms with Crippen LogP contribution < -0.4 is 5.32 Å². The second kappa shape index (κ2) is 3.60. The van der Waals surface area contributed by atoms with Gasteiger partial charge in [0.15, 0.2) is 0 Å². The first-order valence-corrected chi connectivity index (χ1v) is 4.97. The molecule has 0 radical (unpaired) electrons. The van der Waals surface area contributed by atoms with Gasteiger partial charge in [0, 0.05) is 16.5 Å². The Kier molecular flexibility index (Phi) is 2.47. The van der Waals surface area contributed by atoms with Crippen molar-refractivity contribution < 1.29 is 5.11 Å². The quantitative estimate of drug-likeness (QED) is 0.600. The molecule has 0 saturated carbocycles. The molecule has 2 nitrogen and oxygen atoms in total. The number of phenols is 1. The average molecular weight is 195 g/mol. The standard InChI is InChI=1S/C10H13NOS/c12-10-6-7(13)3-4-8(10)9-2-1-5-11-9/h3-4,6,9,11-13H,1-2,5H2/t9-/m0/s1. The van der Waals surface area contributed by atoms with E-state index in [0.29, 0.717) is 11.8 Å². The van der Waals surface area contributed by atoms with E-state index in [-0.39, 0.29) is 0 Å².